The zero-order valence-electron chi connectivity index (χ0n) is 17.2. The fraction of sp³-hybridized carbons (Fsp3) is 0.524. The first-order chi connectivity index (χ1) is 14.9. The van der Waals surface area contributed by atoms with Gasteiger partial charge < -0.3 is 20.1 Å². The molecule has 2 fully saturated rings. The van der Waals surface area contributed by atoms with Crippen LogP contribution in [0.3, 0.4) is 0 Å². The van der Waals surface area contributed by atoms with E-state index in [1.807, 2.05) is 4.90 Å². The molecule has 1 aromatic carbocycles. The Balaban J connectivity index is 1.44. The van der Waals surface area contributed by atoms with Crippen molar-refractivity contribution in [2.24, 2.45) is 0 Å². The lowest BCUT2D eigenvalue weighted by atomic mass is 9.77. The lowest BCUT2D eigenvalue weighted by Gasteiger charge is -2.49. The van der Waals surface area contributed by atoms with Gasteiger partial charge in [0.2, 0.25) is 5.95 Å². The van der Waals surface area contributed by atoms with Crippen LogP contribution in [0, 0.1) is 5.82 Å². The van der Waals surface area contributed by atoms with Gasteiger partial charge in [-0.3, -0.25) is 4.21 Å². The predicted octanol–water partition coefficient (Wildman–Crippen LogP) is 2.62. The number of halogens is 2. The van der Waals surface area contributed by atoms with Crippen molar-refractivity contribution in [3.05, 3.63) is 40.3 Å². The molecule has 0 radical (unpaired) electrons. The number of aromatic nitrogens is 2. The zero-order chi connectivity index (χ0) is 21.8. The zero-order valence-corrected chi connectivity index (χ0v) is 18.7. The lowest BCUT2D eigenvalue weighted by Crippen LogP contribution is -2.61. The van der Waals surface area contributed by atoms with Crippen molar-refractivity contribution in [2.45, 2.75) is 41.7 Å². The molecule has 0 amide bonds. The van der Waals surface area contributed by atoms with Crippen LogP contribution in [-0.2, 0) is 27.6 Å². The van der Waals surface area contributed by atoms with Crippen LogP contribution in [0.2, 0.25) is 5.02 Å². The highest BCUT2D eigenvalue weighted by molar-refractivity contribution is 7.85. The average molecular weight is 467 g/mol. The number of fused-ring (bicyclic) bond motifs is 1. The van der Waals surface area contributed by atoms with Crippen molar-refractivity contribution in [1.82, 2.24) is 9.97 Å². The maximum Gasteiger partial charge on any atom is 0.227 e. The van der Waals surface area contributed by atoms with Gasteiger partial charge in [-0.1, -0.05) is 17.7 Å². The highest BCUT2D eigenvalue weighted by atomic mass is 35.5. The van der Waals surface area contributed by atoms with Gasteiger partial charge in [0.05, 0.1) is 46.8 Å². The molecule has 166 valence electrons. The van der Waals surface area contributed by atoms with Crippen molar-refractivity contribution < 1.29 is 18.4 Å². The van der Waals surface area contributed by atoms with Gasteiger partial charge in [0.15, 0.2) is 0 Å². The topological polar surface area (TPSA) is 87.6 Å². The minimum absolute atomic E-state index is 0.00632. The Labute approximate surface area is 187 Å². The highest BCUT2D eigenvalue weighted by Gasteiger charge is 2.47. The van der Waals surface area contributed by atoms with Crippen LogP contribution in [0.25, 0.3) is 0 Å². The quantitative estimate of drug-likeness (QED) is 0.676. The van der Waals surface area contributed by atoms with Crippen LogP contribution in [0.1, 0.15) is 30.5 Å². The molecule has 1 aliphatic carbocycles. The summed E-state index contributed by atoms with van der Waals surface area (Å²) < 4.78 is 32.4. The normalized spacial score (nSPS) is 23.1. The molecular weight excluding hydrogens is 443 g/mol. The molecule has 1 saturated heterocycles. The third-order valence-electron chi connectivity index (χ3n) is 6.68. The van der Waals surface area contributed by atoms with E-state index in [9.17, 15) is 13.7 Å². The molecule has 2 aromatic rings. The monoisotopic (exact) mass is 466 g/mol. The molecule has 3 heterocycles. The maximum atomic E-state index is 14.0. The smallest absolute Gasteiger partial charge is 0.227 e. The second-order valence-electron chi connectivity index (χ2n) is 8.55. The van der Waals surface area contributed by atoms with E-state index in [1.54, 1.807) is 13.2 Å². The number of benzene rings is 1. The minimum Gasteiger partial charge on any atom is -0.394 e. The Kier molecular flexibility index (Phi) is 5.20. The SMILES string of the molecule is COC1(c2ccc(Cl)c(F)c2)CN(c2nc3c(c(NC4(CO)CCC4)n2)S(=O)CC3)C1. The summed E-state index contributed by atoms with van der Waals surface area (Å²) in [7, 11) is 0.455. The summed E-state index contributed by atoms with van der Waals surface area (Å²) in [4.78, 5) is 12.0. The Morgan fingerprint density at radius 1 is 1.35 bits per heavy atom. The van der Waals surface area contributed by atoms with Crippen LogP contribution < -0.4 is 10.2 Å². The summed E-state index contributed by atoms with van der Waals surface area (Å²) >= 11 is 5.83. The standard InChI is InChI=1S/C21H24ClFN4O3S/c1-30-21(13-3-4-14(22)15(23)9-13)10-27(11-21)19-24-16-5-8-31(29)17(16)18(25-19)26-20(12-28)6-2-7-20/h3-4,9,28H,2,5-8,10-12H2,1H3,(H,24,25,26). The van der Waals surface area contributed by atoms with Gasteiger partial charge in [0.1, 0.15) is 22.1 Å². The number of ether oxygens (including phenoxy) is 1. The molecular formula is C21H24ClFN4O3S. The largest absolute Gasteiger partial charge is 0.394 e. The van der Waals surface area contributed by atoms with Gasteiger partial charge in [0, 0.05) is 19.3 Å². The Morgan fingerprint density at radius 2 is 2.13 bits per heavy atom. The van der Waals surface area contributed by atoms with Gasteiger partial charge in [-0.05, 0) is 37.0 Å². The van der Waals surface area contributed by atoms with Crippen molar-refractivity contribution in [3.63, 3.8) is 0 Å². The third kappa shape index (κ3) is 3.42. The third-order valence-corrected chi connectivity index (χ3v) is 8.45. The first-order valence-corrected chi connectivity index (χ1v) is 12.0. The molecule has 1 saturated carbocycles. The summed E-state index contributed by atoms with van der Waals surface area (Å²) in [6.07, 6.45) is 3.37. The van der Waals surface area contributed by atoms with E-state index in [0.717, 1.165) is 25.0 Å². The fourth-order valence-electron chi connectivity index (χ4n) is 4.51. The number of aliphatic hydroxyl groups excluding tert-OH is 1. The molecule has 0 spiro atoms. The van der Waals surface area contributed by atoms with Crippen molar-refractivity contribution >= 4 is 34.2 Å². The van der Waals surface area contributed by atoms with Gasteiger partial charge in [-0.15, -0.1) is 0 Å². The van der Waals surface area contributed by atoms with Gasteiger partial charge in [-0.25, -0.2) is 9.37 Å². The van der Waals surface area contributed by atoms with Crippen LogP contribution in [0.5, 0.6) is 0 Å². The molecule has 31 heavy (non-hydrogen) atoms. The average Bonchev–Trinajstić information content (AvgIpc) is 3.08. The molecule has 2 aliphatic heterocycles. The number of hydrogen-bond acceptors (Lipinski definition) is 7. The Morgan fingerprint density at radius 3 is 2.74 bits per heavy atom. The van der Waals surface area contributed by atoms with E-state index < -0.39 is 27.8 Å². The lowest BCUT2D eigenvalue weighted by molar-refractivity contribution is -0.0392. The number of aryl methyl sites for hydroxylation is 1. The van der Waals surface area contributed by atoms with Crippen molar-refractivity contribution in [3.8, 4) is 0 Å². The fourth-order valence-corrected chi connectivity index (χ4v) is 5.93. The molecule has 10 heteroatoms. The summed E-state index contributed by atoms with van der Waals surface area (Å²) in [6.45, 7) is 0.917. The molecule has 1 aromatic heterocycles. The number of rotatable bonds is 6. The first kappa shape index (κ1) is 21.1. The number of anilines is 2. The summed E-state index contributed by atoms with van der Waals surface area (Å²) in [6, 6.07) is 4.71. The minimum atomic E-state index is -1.15. The molecule has 7 nitrogen and oxygen atoms in total. The van der Waals surface area contributed by atoms with Crippen LogP contribution in [-0.4, -0.2) is 57.4 Å². The van der Waals surface area contributed by atoms with Crippen molar-refractivity contribution in [2.75, 3.05) is 42.8 Å². The van der Waals surface area contributed by atoms with Gasteiger partial charge in [0.25, 0.3) is 0 Å². The van der Waals surface area contributed by atoms with Crippen LogP contribution in [0.4, 0.5) is 16.2 Å². The molecule has 0 bridgehead atoms. The van der Waals surface area contributed by atoms with E-state index in [4.69, 9.17) is 21.3 Å². The van der Waals surface area contributed by atoms with Gasteiger partial charge >= 0.3 is 0 Å². The molecule has 2 N–H and O–H groups in total. The maximum absolute atomic E-state index is 14.0. The summed E-state index contributed by atoms with van der Waals surface area (Å²) in [5, 5.41) is 13.3. The number of hydrogen-bond donors (Lipinski definition) is 2. The molecule has 5 rings (SSSR count). The second-order valence-corrected chi connectivity index (χ2v) is 10.5. The van der Waals surface area contributed by atoms with Gasteiger partial charge in [-0.2, -0.15) is 4.98 Å². The van der Waals surface area contributed by atoms with Crippen LogP contribution in [0.15, 0.2) is 23.1 Å². The van der Waals surface area contributed by atoms with E-state index in [0.29, 0.717) is 47.5 Å². The van der Waals surface area contributed by atoms with E-state index in [1.165, 1.54) is 12.1 Å². The Hall–Kier alpha value is -1.81. The molecule has 1 atom stereocenters. The molecule has 3 aliphatic rings. The van der Waals surface area contributed by atoms with E-state index in [-0.39, 0.29) is 11.6 Å². The number of methoxy groups -OCH3 is 1. The van der Waals surface area contributed by atoms with Crippen LogP contribution >= 0.6 is 11.6 Å². The number of aliphatic hydroxyl groups is 1. The van der Waals surface area contributed by atoms with Crippen molar-refractivity contribution in [1.29, 1.82) is 0 Å². The highest BCUT2D eigenvalue weighted by Crippen LogP contribution is 2.41. The van der Waals surface area contributed by atoms with E-state index in [2.05, 4.69) is 10.3 Å². The van der Waals surface area contributed by atoms with E-state index >= 15 is 0 Å². The number of nitrogens with one attached hydrogen (secondary N) is 1. The summed E-state index contributed by atoms with van der Waals surface area (Å²) in [5.74, 6) is 1.12. The number of nitrogens with zero attached hydrogens (tertiary/aromatic N) is 3. The predicted molar refractivity (Wildman–Crippen MR) is 117 cm³/mol. The summed E-state index contributed by atoms with van der Waals surface area (Å²) in [5.41, 5.74) is 0.413. The molecule has 1 unspecified atom stereocenters. The second kappa shape index (κ2) is 7.65. The first-order valence-electron chi connectivity index (χ1n) is 10.3. The Bertz CT molecular complexity index is 1050.